The van der Waals surface area contributed by atoms with Crippen LogP contribution in [0.25, 0.3) is 83.5 Å². The van der Waals surface area contributed by atoms with Crippen molar-refractivity contribution in [3.63, 3.8) is 0 Å². The summed E-state index contributed by atoms with van der Waals surface area (Å²) >= 11 is 0. The van der Waals surface area contributed by atoms with Gasteiger partial charge >= 0.3 is 0 Å². The van der Waals surface area contributed by atoms with Crippen LogP contribution in [-0.4, -0.2) is 9.13 Å². The van der Waals surface area contributed by atoms with E-state index in [4.69, 9.17) is 0 Å². The van der Waals surface area contributed by atoms with E-state index in [1.807, 2.05) is 0 Å². The lowest BCUT2D eigenvalue weighted by atomic mass is 9.98. The molecule has 0 bridgehead atoms. The smallest absolute Gasteiger partial charge is 0.0541 e. The second-order valence-electron chi connectivity index (χ2n) is 13.3. The molecule has 0 unspecified atom stereocenters. The molecule has 0 amide bonds. The third-order valence-corrected chi connectivity index (χ3v) is 10.4. The van der Waals surface area contributed by atoms with E-state index < -0.39 is 0 Å². The van der Waals surface area contributed by atoms with Gasteiger partial charge in [-0.2, -0.15) is 0 Å². The van der Waals surface area contributed by atoms with Crippen LogP contribution in [0.5, 0.6) is 0 Å². The Balaban J connectivity index is 1.08. The zero-order valence-corrected chi connectivity index (χ0v) is 27.6. The van der Waals surface area contributed by atoms with Gasteiger partial charge in [-0.1, -0.05) is 127 Å². The van der Waals surface area contributed by atoms with Gasteiger partial charge in [0.15, 0.2) is 0 Å². The topological polar surface area (TPSA) is 9.86 Å². The van der Waals surface area contributed by atoms with Crippen LogP contribution < -0.4 is 0 Å². The van der Waals surface area contributed by atoms with Crippen LogP contribution in [0.15, 0.2) is 176 Å². The monoisotopic (exact) mass is 638 g/mol. The Bertz CT molecular complexity index is 2730. The lowest BCUT2D eigenvalue weighted by Crippen LogP contribution is -2.02. The molecule has 0 saturated carbocycles. The second-order valence-corrected chi connectivity index (χ2v) is 13.3. The molecular formula is C48H34N2. The molecule has 0 radical (unpaired) electrons. The van der Waals surface area contributed by atoms with Crippen molar-refractivity contribution in [3.8, 4) is 44.8 Å². The summed E-state index contributed by atoms with van der Waals surface area (Å²) in [5, 5.41) is 3.84. The Morgan fingerprint density at radius 1 is 0.360 bits per heavy atom. The zero-order valence-electron chi connectivity index (χ0n) is 27.6. The molecule has 10 rings (SSSR count). The minimum atomic E-state index is 1.05. The predicted molar refractivity (Wildman–Crippen MR) is 211 cm³/mol. The van der Waals surface area contributed by atoms with Crippen molar-refractivity contribution in [2.45, 2.75) is 12.8 Å². The molecule has 0 saturated heterocycles. The van der Waals surface area contributed by atoms with Crippen LogP contribution in [-0.2, 0) is 6.42 Å². The van der Waals surface area contributed by atoms with Gasteiger partial charge in [0.2, 0.25) is 0 Å². The SMILES string of the molecule is C1=Cc2c(n(-c3ccccc3)c3ccc(-c4ccc5c(c4)c4ccccc4n5-c4cccc(-c5ccc(-c6ccccc6)cc5)c4)cc23)CC1. The Morgan fingerprint density at radius 3 is 1.68 bits per heavy atom. The number of hydrogen-bond donors (Lipinski definition) is 0. The summed E-state index contributed by atoms with van der Waals surface area (Å²) in [5.74, 6) is 0. The molecule has 0 N–H and O–H groups in total. The number of nitrogens with zero attached hydrogens (tertiary/aromatic N) is 2. The van der Waals surface area contributed by atoms with Crippen LogP contribution >= 0.6 is 0 Å². The highest BCUT2D eigenvalue weighted by Gasteiger charge is 2.20. The van der Waals surface area contributed by atoms with Crippen LogP contribution in [0.2, 0.25) is 0 Å². The Labute approximate surface area is 291 Å². The number of allylic oxidation sites excluding steroid dienone is 1. The molecule has 9 aromatic rings. The molecule has 50 heavy (non-hydrogen) atoms. The number of fused-ring (bicyclic) bond motifs is 6. The second kappa shape index (κ2) is 11.6. The van der Waals surface area contributed by atoms with Crippen molar-refractivity contribution in [1.82, 2.24) is 9.13 Å². The Morgan fingerprint density at radius 2 is 0.900 bits per heavy atom. The maximum atomic E-state index is 2.46. The number of aromatic nitrogens is 2. The molecule has 0 atom stereocenters. The van der Waals surface area contributed by atoms with Crippen molar-refractivity contribution in [1.29, 1.82) is 0 Å². The van der Waals surface area contributed by atoms with Crippen molar-refractivity contribution >= 4 is 38.8 Å². The third-order valence-electron chi connectivity index (χ3n) is 10.4. The van der Waals surface area contributed by atoms with Gasteiger partial charge in [0.25, 0.3) is 0 Å². The molecular weight excluding hydrogens is 605 g/mol. The van der Waals surface area contributed by atoms with E-state index in [-0.39, 0.29) is 0 Å². The van der Waals surface area contributed by atoms with Gasteiger partial charge < -0.3 is 9.13 Å². The highest BCUT2D eigenvalue weighted by Crippen LogP contribution is 2.39. The fraction of sp³-hybridized carbons (Fsp3) is 0.0417. The first-order chi connectivity index (χ1) is 24.8. The van der Waals surface area contributed by atoms with E-state index in [9.17, 15) is 0 Å². The molecule has 7 aromatic carbocycles. The maximum absolute atomic E-state index is 2.46. The van der Waals surface area contributed by atoms with Gasteiger partial charge in [-0.25, -0.2) is 0 Å². The summed E-state index contributed by atoms with van der Waals surface area (Å²) in [7, 11) is 0. The molecule has 0 spiro atoms. The average Bonchev–Trinajstić information content (AvgIpc) is 3.71. The summed E-state index contributed by atoms with van der Waals surface area (Å²) in [6.07, 6.45) is 6.77. The van der Waals surface area contributed by atoms with Gasteiger partial charge in [-0.3, -0.25) is 0 Å². The first kappa shape index (κ1) is 28.6. The number of benzene rings is 7. The Kier molecular flexibility index (Phi) is 6.67. The molecule has 2 heterocycles. The highest BCUT2D eigenvalue weighted by atomic mass is 15.0. The van der Waals surface area contributed by atoms with Crippen LogP contribution in [0, 0.1) is 0 Å². The first-order valence-electron chi connectivity index (χ1n) is 17.5. The van der Waals surface area contributed by atoms with Crippen LogP contribution in [0.1, 0.15) is 17.7 Å². The van der Waals surface area contributed by atoms with E-state index in [1.54, 1.807) is 0 Å². The van der Waals surface area contributed by atoms with Crippen LogP contribution in [0.3, 0.4) is 0 Å². The quantitative estimate of drug-likeness (QED) is 0.178. The molecule has 2 aromatic heterocycles. The molecule has 2 heteroatoms. The Hall–Kier alpha value is -6.38. The summed E-state index contributed by atoms with van der Waals surface area (Å²) in [6, 6.07) is 62.0. The standard InChI is InChI=1S/C48H34N2/c1-3-12-33(13-4-1)34-22-24-35(25-23-34)36-14-11-17-40(30-36)50-46-21-10-8-19-42(46)44-32-38(27-29-48(44)50)37-26-28-47-43(31-37)41-18-7-9-20-45(41)49(47)39-15-5-2-6-16-39/h1-8,10-19,21-32H,9,20H2. The van der Waals surface area contributed by atoms with Crippen molar-refractivity contribution < 1.29 is 0 Å². The summed E-state index contributed by atoms with van der Waals surface area (Å²) in [6.45, 7) is 0. The van der Waals surface area contributed by atoms with Gasteiger partial charge in [0.1, 0.15) is 0 Å². The van der Waals surface area contributed by atoms with Crippen molar-refractivity contribution in [2.24, 2.45) is 0 Å². The van der Waals surface area contributed by atoms with E-state index in [1.165, 1.54) is 83.0 Å². The van der Waals surface area contributed by atoms with E-state index >= 15 is 0 Å². The minimum absolute atomic E-state index is 1.05. The van der Waals surface area contributed by atoms with Crippen molar-refractivity contribution in [2.75, 3.05) is 0 Å². The van der Waals surface area contributed by atoms with Gasteiger partial charge in [0.05, 0.1) is 16.6 Å². The van der Waals surface area contributed by atoms with Crippen molar-refractivity contribution in [3.05, 3.63) is 187 Å². The first-order valence-corrected chi connectivity index (χ1v) is 17.5. The predicted octanol–water partition coefficient (Wildman–Crippen LogP) is 12.7. The van der Waals surface area contributed by atoms with E-state index in [0.29, 0.717) is 0 Å². The summed E-state index contributed by atoms with van der Waals surface area (Å²) in [5.41, 5.74) is 16.2. The lowest BCUT2D eigenvalue weighted by molar-refractivity contribution is 0.888. The lowest BCUT2D eigenvalue weighted by Gasteiger charge is -2.13. The van der Waals surface area contributed by atoms with E-state index in [2.05, 4.69) is 191 Å². The molecule has 2 nitrogen and oxygen atoms in total. The normalized spacial score (nSPS) is 12.6. The fourth-order valence-electron chi connectivity index (χ4n) is 8.01. The fourth-order valence-corrected chi connectivity index (χ4v) is 8.01. The number of rotatable bonds is 5. The highest BCUT2D eigenvalue weighted by molar-refractivity contribution is 6.10. The summed E-state index contributed by atoms with van der Waals surface area (Å²) in [4.78, 5) is 0. The maximum Gasteiger partial charge on any atom is 0.0541 e. The van der Waals surface area contributed by atoms with Gasteiger partial charge in [-0.05, 0) is 101 Å². The van der Waals surface area contributed by atoms with Gasteiger partial charge in [-0.15, -0.1) is 0 Å². The molecule has 1 aliphatic rings. The zero-order chi connectivity index (χ0) is 33.0. The van der Waals surface area contributed by atoms with Gasteiger partial charge in [0, 0.05) is 38.8 Å². The molecule has 0 aliphatic heterocycles. The molecule has 236 valence electrons. The van der Waals surface area contributed by atoms with Crippen LogP contribution in [0.4, 0.5) is 0 Å². The average molecular weight is 639 g/mol. The molecule has 0 fully saturated rings. The number of hydrogen-bond acceptors (Lipinski definition) is 0. The molecule has 1 aliphatic carbocycles. The van der Waals surface area contributed by atoms with E-state index in [0.717, 1.165) is 18.5 Å². The third kappa shape index (κ3) is 4.64. The number of para-hydroxylation sites is 2. The minimum Gasteiger partial charge on any atom is -0.313 e. The largest absolute Gasteiger partial charge is 0.313 e. The summed E-state index contributed by atoms with van der Waals surface area (Å²) < 4.78 is 4.88.